The molecule has 0 aliphatic rings. The Labute approximate surface area is 140 Å². The van der Waals surface area contributed by atoms with Gasteiger partial charge in [-0.25, -0.2) is 0 Å². The van der Waals surface area contributed by atoms with Gasteiger partial charge in [-0.1, -0.05) is 18.2 Å². The normalized spacial score (nSPS) is 10.8. The van der Waals surface area contributed by atoms with Gasteiger partial charge in [-0.15, -0.1) is 11.3 Å². The van der Waals surface area contributed by atoms with Crippen LogP contribution in [-0.4, -0.2) is 16.8 Å². The Kier molecular flexibility index (Phi) is 4.53. The molecule has 0 fully saturated rings. The zero-order chi connectivity index (χ0) is 16.9. The number of carbonyl (C=O) groups is 2. The minimum atomic E-state index is -0.681. The number of hydrogen-bond donors (Lipinski definition) is 3. The van der Waals surface area contributed by atoms with Crippen molar-refractivity contribution in [3.8, 4) is 0 Å². The third kappa shape index (κ3) is 3.41. The van der Waals surface area contributed by atoms with E-state index >= 15 is 0 Å². The van der Waals surface area contributed by atoms with Crippen LogP contribution in [0.2, 0.25) is 0 Å². The number of H-pyrrole nitrogens is 1. The number of hydrogen-bond acceptors (Lipinski definition) is 4. The molecule has 7 heteroatoms. The lowest BCUT2D eigenvalue weighted by atomic mass is 10.1. The molecule has 3 aromatic rings. The summed E-state index contributed by atoms with van der Waals surface area (Å²) in [6.07, 6.45) is 4.26. The molecule has 0 atom stereocenters. The zero-order valence-corrected chi connectivity index (χ0v) is 13.2. The molecule has 0 radical (unpaired) electrons. The number of para-hydroxylation sites is 1. The van der Waals surface area contributed by atoms with E-state index in [4.69, 9.17) is 0 Å². The van der Waals surface area contributed by atoms with Crippen LogP contribution in [0.3, 0.4) is 0 Å². The first-order valence-electron chi connectivity index (χ1n) is 7.07. The average molecular weight is 339 g/mol. The Morgan fingerprint density at radius 3 is 2.71 bits per heavy atom. The van der Waals surface area contributed by atoms with Crippen LogP contribution >= 0.6 is 11.3 Å². The Hall–Kier alpha value is -3.19. The molecule has 1 aromatic carbocycles. The molecule has 24 heavy (non-hydrogen) atoms. The van der Waals surface area contributed by atoms with E-state index in [0.29, 0.717) is 10.9 Å². The summed E-state index contributed by atoms with van der Waals surface area (Å²) in [7, 11) is 0. The van der Waals surface area contributed by atoms with Crippen LogP contribution in [0.5, 0.6) is 0 Å². The Morgan fingerprint density at radius 1 is 1.08 bits per heavy atom. The van der Waals surface area contributed by atoms with E-state index in [1.165, 1.54) is 23.6 Å². The van der Waals surface area contributed by atoms with Gasteiger partial charge in [0.1, 0.15) is 5.56 Å². The van der Waals surface area contributed by atoms with E-state index in [1.807, 2.05) is 17.5 Å². The van der Waals surface area contributed by atoms with Crippen molar-refractivity contribution < 1.29 is 9.59 Å². The molecule has 3 rings (SSSR count). The average Bonchev–Trinajstić information content (AvgIpc) is 3.12. The molecular formula is C17H13N3O3S. The standard InChI is InChI=1S/C17H13N3O3S/c21-15(8-7-11-4-3-9-24-11)19-20-17(23)13-10-18-14-6-2-1-5-12(14)16(13)22/h1-10H,(H,18,22)(H,19,21)(H,20,23)/b8-7+. The Morgan fingerprint density at radius 2 is 1.92 bits per heavy atom. The van der Waals surface area contributed by atoms with Crippen molar-refractivity contribution in [2.45, 2.75) is 0 Å². The van der Waals surface area contributed by atoms with Crippen LogP contribution in [-0.2, 0) is 4.79 Å². The number of pyridine rings is 1. The van der Waals surface area contributed by atoms with Gasteiger partial charge in [0, 0.05) is 28.1 Å². The third-order valence-electron chi connectivity index (χ3n) is 3.27. The van der Waals surface area contributed by atoms with Crippen molar-refractivity contribution in [1.29, 1.82) is 0 Å². The second-order valence-corrected chi connectivity index (χ2v) is 5.85. The highest BCUT2D eigenvalue weighted by atomic mass is 32.1. The first-order chi connectivity index (χ1) is 11.6. The topological polar surface area (TPSA) is 91.1 Å². The van der Waals surface area contributed by atoms with Crippen LogP contribution in [0, 0.1) is 0 Å². The molecule has 0 unspecified atom stereocenters. The van der Waals surface area contributed by atoms with Crippen LogP contribution < -0.4 is 16.3 Å². The summed E-state index contributed by atoms with van der Waals surface area (Å²) in [5.74, 6) is -1.17. The van der Waals surface area contributed by atoms with Gasteiger partial charge >= 0.3 is 0 Å². The molecule has 0 aliphatic carbocycles. The van der Waals surface area contributed by atoms with Gasteiger partial charge in [0.25, 0.3) is 11.8 Å². The summed E-state index contributed by atoms with van der Waals surface area (Å²) in [4.78, 5) is 39.9. The summed E-state index contributed by atoms with van der Waals surface area (Å²) in [5.41, 5.74) is 4.64. The van der Waals surface area contributed by atoms with Gasteiger partial charge in [-0.2, -0.15) is 0 Å². The predicted octanol–water partition coefficient (Wildman–Crippen LogP) is 2.06. The maximum Gasteiger partial charge on any atom is 0.275 e. The van der Waals surface area contributed by atoms with Gasteiger partial charge < -0.3 is 4.98 Å². The maximum atomic E-state index is 12.3. The fourth-order valence-corrected chi connectivity index (χ4v) is 2.73. The number of thiophene rings is 1. The first-order valence-corrected chi connectivity index (χ1v) is 7.95. The van der Waals surface area contributed by atoms with Crippen LogP contribution in [0.4, 0.5) is 0 Å². The van der Waals surface area contributed by atoms with Gasteiger partial charge in [-0.05, 0) is 29.7 Å². The summed E-state index contributed by atoms with van der Waals surface area (Å²) in [6, 6.07) is 10.6. The van der Waals surface area contributed by atoms with Gasteiger partial charge in [-0.3, -0.25) is 25.2 Å². The van der Waals surface area contributed by atoms with E-state index in [0.717, 1.165) is 4.88 Å². The zero-order valence-electron chi connectivity index (χ0n) is 12.4. The van der Waals surface area contributed by atoms with Crippen molar-refractivity contribution in [3.05, 3.63) is 74.7 Å². The van der Waals surface area contributed by atoms with E-state index < -0.39 is 17.2 Å². The number of rotatable bonds is 3. The van der Waals surface area contributed by atoms with E-state index in [-0.39, 0.29) is 5.56 Å². The number of fused-ring (bicyclic) bond motifs is 1. The Balaban J connectivity index is 1.68. The fourth-order valence-electron chi connectivity index (χ4n) is 2.11. The molecule has 2 aromatic heterocycles. The Bertz CT molecular complexity index is 974. The largest absolute Gasteiger partial charge is 0.360 e. The summed E-state index contributed by atoms with van der Waals surface area (Å²) in [6.45, 7) is 0. The van der Waals surface area contributed by atoms with E-state index in [1.54, 1.807) is 30.3 Å². The van der Waals surface area contributed by atoms with E-state index in [2.05, 4.69) is 15.8 Å². The molecule has 2 amide bonds. The second kappa shape index (κ2) is 6.93. The van der Waals surface area contributed by atoms with Crippen molar-refractivity contribution in [2.24, 2.45) is 0 Å². The molecule has 0 saturated carbocycles. The second-order valence-electron chi connectivity index (χ2n) is 4.87. The molecule has 6 nitrogen and oxygen atoms in total. The summed E-state index contributed by atoms with van der Waals surface area (Å²) in [5, 5.41) is 2.31. The first kappa shape index (κ1) is 15.7. The summed E-state index contributed by atoms with van der Waals surface area (Å²) >= 11 is 1.49. The number of aromatic nitrogens is 1. The monoisotopic (exact) mass is 339 g/mol. The lowest BCUT2D eigenvalue weighted by Gasteiger charge is -2.05. The fraction of sp³-hybridized carbons (Fsp3) is 0. The predicted molar refractivity (Wildman–Crippen MR) is 93.5 cm³/mol. The number of aromatic amines is 1. The van der Waals surface area contributed by atoms with Crippen molar-refractivity contribution >= 4 is 40.1 Å². The van der Waals surface area contributed by atoms with E-state index in [9.17, 15) is 14.4 Å². The smallest absolute Gasteiger partial charge is 0.275 e. The summed E-state index contributed by atoms with van der Waals surface area (Å²) < 4.78 is 0. The highest BCUT2D eigenvalue weighted by molar-refractivity contribution is 7.10. The molecule has 2 heterocycles. The van der Waals surface area contributed by atoms with Crippen molar-refractivity contribution in [3.63, 3.8) is 0 Å². The van der Waals surface area contributed by atoms with Crippen LogP contribution in [0.25, 0.3) is 17.0 Å². The number of benzene rings is 1. The van der Waals surface area contributed by atoms with Crippen molar-refractivity contribution in [1.82, 2.24) is 15.8 Å². The minimum Gasteiger partial charge on any atom is -0.360 e. The molecule has 3 N–H and O–H groups in total. The van der Waals surface area contributed by atoms with Crippen molar-refractivity contribution in [2.75, 3.05) is 0 Å². The van der Waals surface area contributed by atoms with Gasteiger partial charge in [0.15, 0.2) is 0 Å². The minimum absolute atomic E-state index is 0.0729. The highest BCUT2D eigenvalue weighted by Crippen LogP contribution is 2.09. The third-order valence-corrected chi connectivity index (χ3v) is 4.11. The molecule has 0 spiro atoms. The lowest BCUT2D eigenvalue weighted by Crippen LogP contribution is -2.42. The van der Waals surface area contributed by atoms with Crippen LogP contribution in [0.1, 0.15) is 15.2 Å². The maximum absolute atomic E-state index is 12.3. The van der Waals surface area contributed by atoms with Gasteiger partial charge in [0.2, 0.25) is 5.43 Å². The van der Waals surface area contributed by atoms with Crippen LogP contribution in [0.15, 0.2) is 58.8 Å². The molecule has 0 saturated heterocycles. The number of carbonyl (C=O) groups excluding carboxylic acids is 2. The molecule has 0 aliphatic heterocycles. The highest BCUT2D eigenvalue weighted by Gasteiger charge is 2.12. The van der Waals surface area contributed by atoms with Gasteiger partial charge in [0.05, 0.1) is 0 Å². The SMILES string of the molecule is O=C(/C=C/c1cccs1)NNC(=O)c1c[nH]c2ccccc2c1=O. The number of hydrazine groups is 1. The quantitative estimate of drug-likeness (QED) is 0.504. The number of amides is 2. The molecular weight excluding hydrogens is 326 g/mol. The molecule has 120 valence electrons. The molecule has 0 bridgehead atoms. The lowest BCUT2D eigenvalue weighted by molar-refractivity contribution is -0.117. The number of nitrogens with one attached hydrogen (secondary N) is 3.